The molecule has 0 bridgehead atoms. The molecule has 9 atom stereocenters. The number of aliphatic hydroxyl groups excluding tert-OH is 2. The Balaban J connectivity index is 1.25. The van der Waals surface area contributed by atoms with Gasteiger partial charge in [0, 0.05) is 19.5 Å². The van der Waals surface area contributed by atoms with Crippen LogP contribution in [0.1, 0.15) is 85.5 Å². The largest absolute Gasteiger partial charge is 0.394 e. The quantitative estimate of drug-likeness (QED) is 0.371. The molecule has 4 aliphatic carbocycles. The molecule has 2 heterocycles. The maximum Gasteiger partial charge on any atom is 0.0950 e. The summed E-state index contributed by atoms with van der Waals surface area (Å²) >= 11 is 0. The van der Waals surface area contributed by atoms with Crippen LogP contribution in [-0.4, -0.2) is 71.4 Å². The van der Waals surface area contributed by atoms with Crippen molar-refractivity contribution in [2.45, 2.75) is 109 Å². The van der Waals surface area contributed by atoms with E-state index in [4.69, 9.17) is 21.2 Å². The van der Waals surface area contributed by atoms with Crippen molar-refractivity contribution in [3.8, 4) is 0 Å². The Labute approximate surface area is 230 Å². The van der Waals surface area contributed by atoms with Crippen molar-refractivity contribution in [1.82, 2.24) is 4.90 Å². The summed E-state index contributed by atoms with van der Waals surface area (Å²) in [6, 6.07) is 0.229. The third-order valence-electron chi connectivity index (χ3n) is 11.9. The lowest BCUT2D eigenvalue weighted by Crippen LogP contribution is -2.56. The SMILES string of the molecule is C=C1[C@@H]2N(CCOCCO)C[C@@H](C)CC2(C)O[C@]12CC[C@@H]1C(=C(C)C2)C[C@H]2[C@H]1CC=C1CC(O)CC[C@@]12C. The third kappa shape index (κ3) is 4.22. The summed E-state index contributed by atoms with van der Waals surface area (Å²) < 4.78 is 13.0. The summed E-state index contributed by atoms with van der Waals surface area (Å²) in [5, 5.41) is 19.5. The lowest BCUT2D eigenvalue weighted by Gasteiger charge is -2.49. The second-order valence-corrected chi connectivity index (χ2v) is 14.4. The van der Waals surface area contributed by atoms with E-state index >= 15 is 0 Å². The minimum Gasteiger partial charge on any atom is -0.394 e. The number of ether oxygens (including phenoxy) is 2. The first kappa shape index (κ1) is 27.2. The normalized spacial score (nSPS) is 46.9. The van der Waals surface area contributed by atoms with Gasteiger partial charge >= 0.3 is 0 Å². The van der Waals surface area contributed by atoms with Gasteiger partial charge in [-0.25, -0.2) is 0 Å². The Morgan fingerprint density at radius 1 is 1.18 bits per heavy atom. The predicted octanol–water partition coefficient (Wildman–Crippen LogP) is 5.42. The van der Waals surface area contributed by atoms with Gasteiger partial charge in [0.05, 0.1) is 43.2 Å². The Kier molecular flexibility index (Phi) is 7.04. The van der Waals surface area contributed by atoms with Crippen LogP contribution in [0.25, 0.3) is 0 Å². The molecule has 5 nitrogen and oxygen atoms in total. The number of rotatable bonds is 5. The van der Waals surface area contributed by atoms with Gasteiger partial charge in [-0.05, 0) is 99.9 Å². The van der Waals surface area contributed by atoms with Crippen LogP contribution < -0.4 is 0 Å². The third-order valence-corrected chi connectivity index (χ3v) is 11.9. The molecule has 0 amide bonds. The molecule has 2 N–H and O–H groups in total. The molecule has 1 spiro atoms. The molecule has 6 aliphatic rings. The van der Waals surface area contributed by atoms with Crippen molar-refractivity contribution in [2.75, 3.05) is 32.9 Å². The molecule has 0 aromatic rings. The van der Waals surface area contributed by atoms with E-state index in [-0.39, 0.29) is 35.4 Å². The van der Waals surface area contributed by atoms with E-state index in [0.29, 0.717) is 25.0 Å². The van der Waals surface area contributed by atoms with Crippen molar-refractivity contribution in [2.24, 2.45) is 29.1 Å². The van der Waals surface area contributed by atoms with Gasteiger partial charge in [0.2, 0.25) is 0 Å². The second-order valence-electron chi connectivity index (χ2n) is 14.4. The first-order valence-electron chi connectivity index (χ1n) is 15.5. The van der Waals surface area contributed by atoms with Crippen LogP contribution in [0.3, 0.4) is 0 Å². The number of hydrogen-bond acceptors (Lipinski definition) is 5. The first-order valence-corrected chi connectivity index (χ1v) is 15.5. The van der Waals surface area contributed by atoms with Gasteiger partial charge in [0.25, 0.3) is 0 Å². The van der Waals surface area contributed by atoms with E-state index in [2.05, 4.69) is 38.7 Å². The zero-order valence-corrected chi connectivity index (χ0v) is 24.3. The molecule has 38 heavy (non-hydrogen) atoms. The van der Waals surface area contributed by atoms with E-state index in [1.165, 1.54) is 24.8 Å². The maximum absolute atomic E-state index is 10.4. The van der Waals surface area contributed by atoms with Crippen LogP contribution >= 0.6 is 0 Å². The van der Waals surface area contributed by atoms with E-state index in [1.54, 1.807) is 16.7 Å². The number of aliphatic hydroxyl groups is 2. The van der Waals surface area contributed by atoms with Gasteiger partial charge in [0.15, 0.2) is 0 Å². The highest BCUT2D eigenvalue weighted by atomic mass is 16.5. The molecule has 2 aliphatic heterocycles. The molecule has 6 rings (SSSR count). The Morgan fingerprint density at radius 2 is 2.00 bits per heavy atom. The molecule has 2 saturated carbocycles. The van der Waals surface area contributed by atoms with E-state index in [9.17, 15) is 5.11 Å². The van der Waals surface area contributed by atoms with Gasteiger partial charge in [-0.1, -0.05) is 43.2 Å². The topological polar surface area (TPSA) is 62.2 Å². The van der Waals surface area contributed by atoms with Gasteiger partial charge < -0.3 is 19.7 Å². The molecule has 4 fully saturated rings. The first-order chi connectivity index (χ1) is 18.1. The summed E-state index contributed by atoms with van der Waals surface area (Å²) in [7, 11) is 0. The number of hydrogen-bond donors (Lipinski definition) is 2. The fourth-order valence-corrected chi connectivity index (χ4v) is 10.4. The highest BCUT2D eigenvalue weighted by molar-refractivity contribution is 5.39. The summed E-state index contributed by atoms with van der Waals surface area (Å²) in [6.07, 6.45) is 12.1. The maximum atomic E-state index is 10.4. The van der Waals surface area contributed by atoms with Crippen LogP contribution in [0.15, 0.2) is 34.9 Å². The molecule has 0 aromatic carbocycles. The lowest BCUT2D eigenvalue weighted by atomic mass is 9.56. The molecule has 212 valence electrons. The van der Waals surface area contributed by atoms with Crippen molar-refractivity contribution >= 4 is 0 Å². The Hall–Kier alpha value is -0.980. The number of fused-ring (bicyclic) bond motifs is 6. The van der Waals surface area contributed by atoms with Crippen LogP contribution in [0.2, 0.25) is 0 Å². The molecule has 0 radical (unpaired) electrons. The van der Waals surface area contributed by atoms with E-state index < -0.39 is 0 Å². The summed E-state index contributed by atoms with van der Waals surface area (Å²) in [4.78, 5) is 2.57. The fourth-order valence-electron chi connectivity index (χ4n) is 10.4. The number of likely N-dealkylation sites (tertiary alicyclic amines) is 1. The lowest BCUT2D eigenvalue weighted by molar-refractivity contribution is -0.135. The van der Waals surface area contributed by atoms with Gasteiger partial charge in [0.1, 0.15) is 0 Å². The van der Waals surface area contributed by atoms with E-state index in [1.807, 2.05) is 0 Å². The number of nitrogens with zero attached hydrogens (tertiary/aromatic N) is 1. The second kappa shape index (κ2) is 9.83. The van der Waals surface area contributed by atoms with Crippen LogP contribution in [-0.2, 0) is 9.47 Å². The summed E-state index contributed by atoms with van der Waals surface area (Å²) in [6.45, 7) is 17.4. The fraction of sp³-hybridized carbons (Fsp3) is 0.818. The highest BCUT2D eigenvalue weighted by Crippen LogP contribution is 2.64. The summed E-state index contributed by atoms with van der Waals surface area (Å²) in [5.74, 6) is 2.68. The standard InChI is InChI=1S/C33H51NO4/c1-21-18-32(5)30(34(20-21)12-14-37-15-13-35)23(3)33(38-32)11-9-26-27-7-6-24-16-25(36)8-10-31(24,4)29(27)17-28(26)22(2)19-33/h6,21,25-27,29-30,35-36H,3,7-20H2,1-2,4-5H3/t21-,25?,26-,27-,29-,30-,31-,32?,33-/m0/s1. The van der Waals surface area contributed by atoms with Crippen molar-refractivity contribution in [3.05, 3.63) is 34.9 Å². The molecular weight excluding hydrogens is 474 g/mol. The molecule has 5 heteroatoms. The molecular formula is C33H51NO4. The number of allylic oxidation sites excluding steroid dienone is 2. The van der Waals surface area contributed by atoms with Crippen LogP contribution in [0, 0.1) is 29.1 Å². The predicted molar refractivity (Wildman–Crippen MR) is 151 cm³/mol. The zero-order chi connectivity index (χ0) is 26.9. The zero-order valence-electron chi connectivity index (χ0n) is 24.3. The van der Waals surface area contributed by atoms with Gasteiger partial charge in [-0.15, -0.1) is 0 Å². The average molecular weight is 526 g/mol. The number of piperidine rings is 1. The minimum atomic E-state index is -0.265. The van der Waals surface area contributed by atoms with Crippen molar-refractivity contribution in [1.29, 1.82) is 0 Å². The van der Waals surface area contributed by atoms with Crippen LogP contribution in [0.4, 0.5) is 0 Å². The molecule has 2 saturated heterocycles. The van der Waals surface area contributed by atoms with Crippen LogP contribution in [0.5, 0.6) is 0 Å². The monoisotopic (exact) mass is 525 g/mol. The van der Waals surface area contributed by atoms with Crippen molar-refractivity contribution < 1.29 is 19.7 Å². The van der Waals surface area contributed by atoms with Gasteiger partial charge in [-0.2, -0.15) is 0 Å². The average Bonchev–Trinajstić information content (AvgIpc) is 3.29. The summed E-state index contributed by atoms with van der Waals surface area (Å²) in [5.41, 5.74) is 5.94. The highest BCUT2D eigenvalue weighted by Gasteiger charge is 2.61. The molecule has 2 unspecified atom stereocenters. The minimum absolute atomic E-state index is 0.0750. The van der Waals surface area contributed by atoms with Gasteiger partial charge in [-0.3, -0.25) is 4.90 Å². The molecule has 0 aromatic heterocycles. The Morgan fingerprint density at radius 3 is 2.79 bits per heavy atom. The Bertz CT molecular complexity index is 1020. The van der Waals surface area contributed by atoms with E-state index in [0.717, 1.165) is 63.5 Å². The smallest absolute Gasteiger partial charge is 0.0950 e. The van der Waals surface area contributed by atoms with Crippen molar-refractivity contribution in [3.63, 3.8) is 0 Å².